The maximum Gasteiger partial charge on any atom is 0.342 e. The maximum atomic E-state index is 14.3. The van der Waals surface area contributed by atoms with Crippen LogP contribution in [0.15, 0.2) is 18.5 Å². The Hall–Kier alpha value is -4.14. The highest BCUT2D eigenvalue weighted by Crippen LogP contribution is 2.48. The van der Waals surface area contributed by atoms with Gasteiger partial charge in [0.1, 0.15) is 42.7 Å². The molecule has 0 amide bonds. The SMILES string of the molecule is CCOC(=O)[C@H](C)NP(=O)(N[C@@H](C)C(=O)OCC)OC[C@@]1(C#N)O[C@@H](c2ccc3c(N)ncnn23)[C@H](OC(=O)C(C)C)[C@@H]1OC(=O)C(C)C. The molecule has 2 aromatic heterocycles. The topological polar surface area (TPSA) is 245 Å². The third-order valence-electron chi connectivity index (χ3n) is 7.29. The largest absolute Gasteiger partial charge is 0.465 e. The molecule has 270 valence electrons. The van der Waals surface area contributed by atoms with E-state index < -0.39 is 86.0 Å². The van der Waals surface area contributed by atoms with Crippen LogP contribution in [0.4, 0.5) is 5.82 Å². The molecule has 1 aliphatic rings. The van der Waals surface area contributed by atoms with Gasteiger partial charge in [-0.3, -0.25) is 23.7 Å². The zero-order chi connectivity index (χ0) is 36.7. The van der Waals surface area contributed by atoms with Crippen LogP contribution in [0.5, 0.6) is 0 Å². The van der Waals surface area contributed by atoms with Crippen LogP contribution < -0.4 is 15.9 Å². The van der Waals surface area contributed by atoms with Gasteiger partial charge in [0, 0.05) is 0 Å². The van der Waals surface area contributed by atoms with Gasteiger partial charge in [0.15, 0.2) is 18.0 Å². The third-order valence-corrected chi connectivity index (χ3v) is 9.24. The molecule has 1 saturated heterocycles. The summed E-state index contributed by atoms with van der Waals surface area (Å²) in [5.74, 6) is -4.24. The van der Waals surface area contributed by atoms with Crippen LogP contribution in [-0.2, 0) is 52.0 Å². The van der Waals surface area contributed by atoms with E-state index in [4.69, 9.17) is 33.9 Å². The molecule has 0 aromatic carbocycles. The van der Waals surface area contributed by atoms with E-state index in [1.165, 1.54) is 24.7 Å². The molecule has 0 aliphatic carbocycles. The Labute approximate surface area is 283 Å². The average Bonchev–Trinajstić information content (AvgIpc) is 3.60. The average molecular weight is 710 g/mol. The van der Waals surface area contributed by atoms with E-state index in [9.17, 15) is 29.0 Å². The molecule has 6 atom stereocenters. The van der Waals surface area contributed by atoms with Crippen LogP contribution in [0.3, 0.4) is 0 Å². The Morgan fingerprint density at radius 1 is 0.980 bits per heavy atom. The molecule has 4 N–H and O–H groups in total. The number of ether oxygens (including phenoxy) is 5. The number of rotatable bonds is 16. The zero-order valence-electron chi connectivity index (χ0n) is 28.7. The summed E-state index contributed by atoms with van der Waals surface area (Å²) in [5.41, 5.74) is 4.36. The molecule has 3 rings (SSSR count). The molecule has 1 aliphatic heterocycles. The van der Waals surface area contributed by atoms with Gasteiger partial charge >= 0.3 is 31.5 Å². The molecule has 3 heterocycles. The van der Waals surface area contributed by atoms with Crippen molar-refractivity contribution in [3.63, 3.8) is 0 Å². The number of nitriles is 1. The Bertz CT molecular complexity index is 1580. The van der Waals surface area contributed by atoms with Gasteiger partial charge in [0.2, 0.25) is 5.60 Å². The smallest absolute Gasteiger partial charge is 0.342 e. The quantitative estimate of drug-likeness (QED) is 0.128. The van der Waals surface area contributed by atoms with E-state index in [0.717, 1.165) is 0 Å². The van der Waals surface area contributed by atoms with Crippen molar-refractivity contribution in [2.75, 3.05) is 25.6 Å². The first-order chi connectivity index (χ1) is 23.0. The summed E-state index contributed by atoms with van der Waals surface area (Å²) >= 11 is 0. The molecule has 49 heavy (non-hydrogen) atoms. The second-order valence-corrected chi connectivity index (χ2v) is 13.7. The van der Waals surface area contributed by atoms with Gasteiger partial charge in [-0.2, -0.15) is 10.4 Å². The molecule has 18 nitrogen and oxygen atoms in total. The summed E-state index contributed by atoms with van der Waals surface area (Å²) < 4.78 is 49.6. The Morgan fingerprint density at radius 2 is 1.53 bits per heavy atom. The van der Waals surface area contributed by atoms with Gasteiger partial charge < -0.3 is 33.9 Å². The number of esters is 4. The molecule has 1 fully saturated rings. The van der Waals surface area contributed by atoms with Gasteiger partial charge in [0.25, 0.3) is 0 Å². The number of nitrogens with two attached hydrogens (primary N) is 1. The van der Waals surface area contributed by atoms with Crippen molar-refractivity contribution >= 4 is 42.9 Å². The van der Waals surface area contributed by atoms with Crippen molar-refractivity contribution < 1.29 is 52.0 Å². The van der Waals surface area contributed by atoms with E-state index in [0.29, 0.717) is 5.52 Å². The summed E-state index contributed by atoms with van der Waals surface area (Å²) in [6.45, 7) is 11.3. The number of anilines is 1. The molecule has 0 spiro atoms. The number of carbonyl (C=O) groups excluding carboxylic acids is 4. The van der Waals surface area contributed by atoms with E-state index in [-0.39, 0.29) is 24.7 Å². The number of aromatic nitrogens is 3. The van der Waals surface area contributed by atoms with Crippen molar-refractivity contribution in [2.24, 2.45) is 11.8 Å². The fourth-order valence-electron chi connectivity index (χ4n) is 4.71. The Kier molecular flexibility index (Phi) is 13.2. The standard InChI is InChI=1S/C30H44N7O11P/c1-9-43-28(40)18(7)35-49(42,36-19(8)29(41)44-10-2)45-14-30(13-31)24(47-27(39)17(5)6)23(46-26(38)16(3)4)22(48-30)20-11-12-21-25(32)33-15-34-37(20)21/h11-12,15-19,22-24H,9-10,14H2,1-8H3,(H2,32,33,34)(H2,35,36,42)/t18-,19-,22-,23-,24-,30+/m0/s1. The van der Waals surface area contributed by atoms with Crippen molar-refractivity contribution in [3.8, 4) is 6.07 Å². The van der Waals surface area contributed by atoms with Crippen LogP contribution in [0, 0.1) is 23.2 Å². The fourth-order valence-corrected chi connectivity index (χ4v) is 6.53. The highest BCUT2D eigenvalue weighted by Gasteiger charge is 2.62. The normalized spacial score (nSPS) is 22.0. The Morgan fingerprint density at radius 3 is 2.04 bits per heavy atom. The van der Waals surface area contributed by atoms with Crippen LogP contribution in [0.25, 0.3) is 5.52 Å². The fraction of sp³-hybridized carbons (Fsp3) is 0.633. The predicted octanol–water partition coefficient (Wildman–Crippen LogP) is 1.99. The lowest BCUT2D eigenvalue weighted by Gasteiger charge is -2.32. The molecule has 2 aromatic rings. The second kappa shape index (κ2) is 16.5. The summed E-state index contributed by atoms with van der Waals surface area (Å²) in [4.78, 5) is 55.1. The Balaban J connectivity index is 2.14. The molecular formula is C30H44N7O11P. The number of hydrogen-bond donors (Lipinski definition) is 3. The molecule has 0 saturated carbocycles. The monoisotopic (exact) mass is 709 g/mol. The number of nitrogens with one attached hydrogen (secondary N) is 2. The summed E-state index contributed by atoms with van der Waals surface area (Å²) in [7, 11) is -4.49. The predicted molar refractivity (Wildman–Crippen MR) is 171 cm³/mol. The lowest BCUT2D eigenvalue weighted by Crippen LogP contribution is -2.51. The second-order valence-electron chi connectivity index (χ2n) is 11.8. The number of fused-ring (bicyclic) bond motifs is 1. The lowest BCUT2D eigenvalue weighted by atomic mass is 9.95. The molecular weight excluding hydrogens is 665 g/mol. The zero-order valence-corrected chi connectivity index (χ0v) is 29.6. The number of nitrogens with zero attached hydrogens (tertiary/aromatic N) is 4. The van der Waals surface area contributed by atoms with Crippen molar-refractivity contribution in [3.05, 3.63) is 24.2 Å². The maximum absolute atomic E-state index is 14.3. The number of carbonyl (C=O) groups is 4. The summed E-state index contributed by atoms with van der Waals surface area (Å²) in [6, 6.07) is 2.67. The van der Waals surface area contributed by atoms with Crippen molar-refractivity contribution in [1.29, 1.82) is 5.26 Å². The first-order valence-electron chi connectivity index (χ1n) is 15.7. The highest BCUT2D eigenvalue weighted by molar-refractivity contribution is 7.54. The van der Waals surface area contributed by atoms with Gasteiger partial charge in [-0.05, 0) is 39.8 Å². The van der Waals surface area contributed by atoms with Crippen molar-refractivity contribution in [1.82, 2.24) is 24.8 Å². The van der Waals surface area contributed by atoms with Crippen LogP contribution in [-0.4, -0.2) is 88.2 Å². The first kappa shape index (κ1) is 39.3. The van der Waals surface area contributed by atoms with E-state index >= 15 is 0 Å². The van der Waals surface area contributed by atoms with Crippen LogP contribution >= 0.6 is 7.67 Å². The molecule has 0 bridgehead atoms. The highest BCUT2D eigenvalue weighted by atomic mass is 31.2. The van der Waals surface area contributed by atoms with Crippen molar-refractivity contribution in [2.45, 2.75) is 91.4 Å². The van der Waals surface area contributed by atoms with Gasteiger partial charge in [-0.25, -0.2) is 19.7 Å². The number of nitrogen functional groups attached to an aromatic ring is 1. The minimum absolute atomic E-state index is 0.0276. The minimum atomic E-state index is -4.49. The third kappa shape index (κ3) is 9.11. The van der Waals surface area contributed by atoms with E-state index in [2.05, 4.69) is 20.3 Å². The van der Waals surface area contributed by atoms with Gasteiger partial charge in [-0.1, -0.05) is 27.7 Å². The van der Waals surface area contributed by atoms with E-state index in [1.807, 2.05) is 6.07 Å². The van der Waals surface area contributed by atoms with Crippen LogP contribution in [0.2, 0.25) is 0 Å². The molecule has 19 heteroatoms. The molecule has 0 radical (unpaired) electrons. The number of hydrogen-bond acceptors (Lipinski definition) is 15. The lowest BCUT2D eigenvalue weighted by molar-refractivity contribution is -0.173. The summed E-state index contributed by atoms with van der Waals surface area (Å²) in [5, 5.41) is 20.0. The molecule has 0 unspecified atom stereocenters. The van der Waals surface area contributed by atoms with Gasteiger partial charge in [0.05, 0.1) is 30.7 Å². The first-order valence-corrected chi connectivity index (χ1v) is 17.4. The van der Waals surface area contributed by atoms with Gasteiger partial charge in [-0.15, -0.1) is 0 Å². The summed E-state index contributed by atoms with van der Waals surface area (Å²) in [6.07, 6.45) is -3.23. The van der Waals surface area contributed by atoms with E-state index in [1.54, 1.807) is 53.7 Å². The van der Waals surface area contributed by atoms with Crippen LogP contribution in [0.1, 0.15) is 67.2 Å². The minimum Gasteiger partial charge on any atom is -0.465 e.